The molecule has 1 saturated carbocycles. The Balaban J connectivity index is 1.53. The molecule has 2 fully saturated rings. The Labute approximate surface area is 182 Å². The minimum atomic E-state index is -0.860. The van der Waals surface area contributed by atoms with Crippen LogP contribution in [-0.2, 0) is 0 Å². The van der Waals surface area contributed by atoms with Crippen LogP contribution in [0.25, 0.3) is 11.6 Å². The molecule has 3 aliphatic rings. The van der Waals surface area contributed by atoms with Gasteiger partial charge in [0.1, 0.15) is 11.6 Å². The molecule has 0 aromatic carbocycles. The van der Waals surface area contributed by atoms with Gasteiger partial charge in [0.25, 0.3) is 0 Å². The van der Waals surface area contributed by atoms with Gasteiger partial charge in [0.2, 0.25) is 5.95 Å². The standard InChI is InChI=1S/C23H30N6O2/c1-14-18-12-19(15-4-9-20(25-13-15)28-10-2-3-11-28)22(31)29(21(18)27-23(24)26-14)16-5-7-17(30)8-6-16/h4,9,12-13,16-17,22,30-31H,2-3,5-8,10-11H2,1H3,(H2,24,26,27). The van der Waals surface area contributed by atoms with Crippen LogP contribution in [0.4, 0.5) is 17.6 Å². The Bertz CT molecular complexity index is 978. The van der Waals surface area contributed by atoms with Crippen LogP contribution in [0, 0.1) is 6.92 Å². The van der Waals surface area contributed by atoms with Gasteiger partial charge in [-0.3, -0.25) is 0 Å². The SMILES string of the molecule is Cc1nc(N)nc2c1C=C(c1ccc(N3CCCC3)nc1)C(O)N2C1CCC(O)CC1. The fraction of sp³-hybridized carbons (Fsp3) is 0.522. The third kappa shape index (κ3) is 3.74. The molecule has 0 spiro atoms. The van der Waals surface area contributed by atoms with Crippen molar-refractivity contribution < 1.29 is 10.2 Å². The van der Waals surface area contributed by atoms with Crippen molar-refractivity contribution in [3.63, 3.8) is 0 Å². The molecule has 1 atom stereocenters. The van der Waals surface area contributed by atoms with Gasteiger partial charge in [0.05, 0.1) is 11.8 Å². The van der Waals surface area contributed by atoms with E-state index in [2.05, 4.69) is 19.9 Å². The lowest BCUT2D eigenvalue weighted by atomic mass is 9.89. The van der Waals surface area contributed by atoms with E-state index in [1.165, 1.54) is 12.8 Å². The predicted molar refractivity (Wildman–Crippen MR) is 121 cm³/mol. The number of pyridine rings is 1. The summed E-state index contributed by atoms with van der Waals surface area (Å²) >= 11 is 0. The number of aryl methyl sites for hydroxylation is 1. The summed E-state index contributed by atoms with van der Waals surface area (Å²) in [6.07, 6.45) is 8.12. The summed E-state index contributed by atoms with van der Waals surface area (Å²) in [5, 5.41) is 21.4. The molecule has 4 heterocycles. The summed E-state index contributed by atoms with van der Waals surface area (Å²) in [6, 6.07) is 4.15. The van der Waals surface area contributed by atoms with Crippen molar-refractivity contribution in [3.8, 4) is 0 Å². The first-order valence-corrected chi connectivity index (χ1v) is 11.2. The largest absolute Gasteiger partial charge is 0.393 e. The Hall–Kier alpha value is -2.71. The highest BCUT2D eigenvalue weighted by Gasteiger charge is 2.37. The van der Waals surface area contributed by atoms with E-state index in [9.17, 15) is 10.2 Å². The highest BCUT2D eigenvalue weighted by Crippen LogP contribution is 2.40. The van der Waals surface area contributed by atoms with Crippen LogP contribution in [0.1, 0.15) is 55.3 Å². The number of rotatable bonds is 3. The van der Waals surface area contributed by atoms with Crippen molar-refractivity contribution in [2.75, 3.05) is 28.6 Å². The second-order valence-electron chi connectivity index (χ2n) is 8.85. The minimum absolute atomic E-state index is 0.0754. The number of hydrogen-bond donors (Lipinski definition) is 3. The second-order valence-corrected chi connectivity index (χ2v) is 8.85. The summed E-state index contributed by atoms with van der Waals surface area (Å²) in [6.45, 7) is 4.01. The number of aromatic nitrogens is 3. The molecule has 0 radical (unpaired) electrons. The lowest BCUT2D eigenvalue weighted by molar-refractivity contribution is 0.111. The van der Waals surface area contributed by atoms with E-state index in [1.54, 1.807) is 0 Å². The maximum absolute atomic E-state index is 11.5. The van der Waals surface area contributed by atoms with Gasteiger partial charge in [0, 0.05) is 42.0 Å². The van der Waals surface area contributed by atoms with Crippen LogP contribution in [-0.4, -0.2) is 56.6 Å². The molecule has 8 heteroatoms. The minimum Gasteiger partial charge on any atom is -0.393 e. The van der Waals surface area contributed by atoms with Crippen molar-refractivity contribution in [3.05, 3.63) is 35.2 Å². The summed E-state index contributed by atoms with van der Waals surface area (Å²) in [7, 11) is 0. The molecule has 0 amide bonds. The maximum Gasteiger partial charge on any atom is 0.222 e. The van der Waals surface area contributed by atoms with Crippen molar-refractivity contribution in [1.29, 1.82) is 0 Å². The van der Waals surface area contributed by atoms with E-state index in [0.29, 0.717) is 18.7 Å². The van der Waals surface area contributed by atoms with Crippen molar-refractivity contribution in [1.82, 2.24) is 15.0 Å². The van der Waals surface area contributed by atoms with Crippen LogP contribution in [0.5, 0.6) is 0 Å². The first-order chi connectivity index (χ1) is 15.0. The van der Waals surface area contributed by atoms with Crippen LogP contribution in [0.3, 0.4) is 0 Å². The molecular formula is C23H30N6O2. The van der Waals surface area contributed by atoms with E-state index >= 15 is 0 Å². The van der Waals surface area contributed by atoms with Gasteiger partial charge < -0.3 is 25.7 Å². The Morgan fingerprint density at radius 1 is 1.03 bits per heavy atom. The van der Waals surface area contributed by atoms with Gasteiger partial charge in [-0.25, -0.2) is 9.97 Å². The lowest BCUT2D eigenvalue weighted by Gasteiger charge is -2.43. The van der Waals surface area contributed by atoms with Gasteiger partial charge in [0.15, 0.2) is 6.23 Å². The van der Waals surface area contributed by atoms with Gasteiger partial charge in [-0.1, -0.05) is 0 Å². The molecule has 164 valence electrons. The summed E-state index contributed by atoms with van der Waals surface area (Å²) < 4.78 is 0. The van der Waals surface area contributed by atoms with Crippen LogP contribution in [0.15, 0.2) is 18.3 Å². The first-order valence-electron chi connectivity index (χ1n) is 11.2. The smallest absolute Gasteiger partial charge is 0.222 e. The number of fused-ring (bicyclic) bond motifs is 1. The number of hydrogen-bond acceptors (Lipinski definition) is 8. The second kappa shape index (κ2) is 8.09. The van der Waals surface area contributed by atoms with E-state index in [-0.39, 0.29) is 18.1 Å². The topological polar surface area (TPSA) is 112 Å². The highest BCUT2D eigenvalue weighted by atomic mass is 16.3. The molecule has 1 saturated heterocycles. The average Bonchev–Trinajstić information content (AvgIpc) is 3.29. The Morgan fingerprint density at radius 2 is 1.77 bits per heavy atom. The van der Waals surface area contributed by atoms with Crippen molar-refractivity contribution in [2.45, 2.75) is 63.8 Å². The normalized spacial score (nSPS) is 26.0. The van der Waals surface area contributed by atoms with E-state index in [1.807, 2.05) is 36.2 Å². The van der Waals surface area contributed by atoms with E-state index < -0.39 is 6.23 Å². The fourth-order valence-electron chi connectivity index (χ4n) is 5.08. The summed E-state index contributed by atoms with van der Waals surface area (Å²) in [4.78, 5) is 17.8. The molecule has 4 N–H and O–H groups in total. The zero-order chi connectivity index (χ0) is 21.5. The molecule has 2 aromatic rings. The third-order valence-electron chi connectivity index (χ3n) is 6.79. The summed E-state index contributed by atoms with van der Waals surface area (Å²) in [5.41, 5.74) is 9.30. The number of aliphatic hydroxyl groups excluding tert-OH is 2. The van der Waals surface area contributed by atoms with Crippen LogP contribution in [0.2, 0.25) is 0 Å². The molecule has 0 bridgehead atoms. The number of nitrogens with zero attached hydrogens (tertiary/aromatic N) is 5. The van der Waals surface area contributed by atoms with E-state index in [0.717, 1.165) is 54.1 Å². The molecule has 1 aliphatic carbocycles. The Kier molecular flexibility index (Phi) is 5.27. The van der Waals surface area contributed by atoms with Gasteiger partial charge >= 0.3 is 0 Å². The number of aliphatic hydroxyl groups is 2. The molecule has 2 aliphatic heterocycles. The van der Waals surface area contributed by atoms with Crippen LogP contribution < -0.4 is 15.5 Å². The molecule has 31 heavy (non-hydrogen) atoms. The van der Waals surface area contributed by atoms with Gasteiger partial charge in [-0.05, 0) is 63.7 Å². The predicted octanol–water partition coefficient (Wildman–Crippen LogP) is 2.34. The zero-order valence-electron chi connectivity index (χ0n) is 17.9. The Morgan fingerprint density at radius 3 is 2.45 bits per heavy atom. The monoisotopic (exact) mass is 422 g/mol. The number of nitrogen functional groups attached to an aromatic ring is 1. The number of nitrogens with two attached hydrogens (primary N) is 1. The zero-order valence-corrected chi connectivity index (χ0v) is 17.9. The van der Waals surface area contributed by atoms with Gasteiger partial charge in [-0.2, -0.15) is 4.98 Å². The quantitative estimate of drug-likeness (QED) is 0.691. The molecule has 1 unspecified atom stereocenters. The summed E-state index contributed by atoms with van der Waals surface area (Å²) in [5.74, 6) is 1.86. The van der Waals surface area contributed by atoms with E-state index in [4.69, 9.17) is 5.73 Å². The number of anilines is 3. The van der Waals surface area contributed by atoms with Crippen molar-refractivity contribution in [2.24, 2.45) is 0 Å². The molecule has 8 nitrogen and oxygen atoms in total. The lowest BCUT2D eigenvalue weighted by Crippen LogP contribution is -2.48. The highest BCUT2D eigenvalue weighted by molar-refractivity contribution is 5.92. The maximum atomic E-state index is 11.5. The fourth-order valence-corrected chi connectivity index (χ4v) is 5.08. The third-order valence-corrected chi connectivity index (χ3v) is 6.79. The van der Waals surface area contributed by atoms with Crippen molar-refractivity contribution >= 4 is 29.2 Å². The first kappa shape index (κ1) is 20.2. The molecular weight excluding hydrogens is 392 g/mol. The van der Waals surface area contributed by atoms with Gasteiger partial charge in [-0.15, -0.1) is 0 Å². The molecule has 2 aromatic heterocycles. The average molecular weight is 423 g/mol. The molecule has 5 rings (SSSR count). The van der Waals surface area contributed by atoms with Crippen LogP contribution >= 0.6 is 0 Å².